The smallest absolute Gasteiger partial charge is 0.117 e. The van der Waals surface area contributed by atoms with Crippen LogP contribution in [0.2, 0.25) is 0 Å². The van der Waals surface area contributed by atoms with Crippen LogP contribution in [-0.2, 0) is 16.0 Å². The zero-order valence-electron chi connectivity index (χ0n) is 10.6. The summed E-state index contributed by atoms with van der Waals surface area (Å²) in [6.45, 7) is 3.96. The third-order valence-electron chi connectivity index (χ3n) is 2.42. The molecule has 1 aromatic rings. The predicted molar refractivity (Wildman–Crippen MR) is 66.0 cm³/mol. The van der Waals surface area contributed by atoms with E-state index in [9.17, 15) is 0 Å². The van der Waals surface area contributed by atoms with E-state index < -0.39 is 0 Å². The third kappa shape index (κ3) is 6.43. The van der Waals surface area contributed by atoms with E-state index in [-0.39, 0.29) is 6.10 Å². The molecule has 5 heteroatoms. The van der Waals surface area contributed by atoms with Crippen LogP contribution >= 0.6 is 0 Å². The van der Waals surface area contributed by atoms with Gasteiger partial charge in [0.1, 0.15) is 5.76 Å². The van der Waals surface area contributed by atoms with E-state index in [1.54, 1.807) is 20.5 Å². The van der Waals surface area contributed by atoms with Gasteiger partial charge in [-0.05, 0) is 12.1 Å². The molecule has 17 heavy (non-hydrogen) atoms. The van der Waals surface area contributed by atoms with Crippen molar-refractivity contribution in [3.63, 3.8) is 0 Å². The Hall–Kier alpha value is -0.880. The molecule has 0 spiro atoms. The van der Waals surface area contributed by atoms with Crippen molar-refractivity contribution in [3.05, 3.63) is 24.2 Å². The Morgan fingerprint density at radius 2 is 2.12 bits per heavy atom. The maximum atomic E-state index is 5.23. The maximum Gasteiger partial charge on any atom is 0.117 e. The molecule has 0 saturated carbocycles. The minimum Gasteiger partial charge on any atom is -0.468 e. The molecule has 0 amide bonds. The number of nitrogens with one attached hydrogen (secondary N) is 2. The lowest BCUT2D eigenvalue weighted by Crippen LogP contribution is -2.35. The van der Waals surface area contributed by atoms with Gasteiger partial charge >= 0.3 is 0 Å². The highest BCUT2D eigenvalue weighted by Crippen LogP contribution is 1.97. The van der Waals surface area contributed by atoms with Gasteiger partial charge in [-0.25, -0.2) is 0 Å². The van der Waals surface area contributed by atoms with Crippen LogP contribution in [0.5, 0.6) is 0 Å². The van der Waals surface area contributed by atoms with Gasteiger partial charge in [0.25, 0.3) is 0 Å². The zero-order chi connectivity index (χ0) is 12.3. The predicted octanol–water partition coefficient (Wildman–Crippen LogP) is 0.620. The molecule has 0 aliphatic rings. The number of hydrogen-bond donors (Lipinski definition) is 2. The molecule has 1 aromatic heterocycles. The fourth-order valence-corrected chi connectivity index (χ4v) is 1.46. The number of ether oxygens (including phenoxy) is 2. The van der Waals surface area contributed by atoms with Crippen molar-refractivity contribution < 1.29 is 13.9 Å². The van der Waals surface area contributed by atoms with Gasteiger partial charge < -0.3 is 24.5 Å². The van der Waals surface area contributed by atoms with E-state index in [0.29, 0.717) is 6.61 Å². The van der Waals surface area contributed by atoms with Crippen molar-refractivity contribution in [2.45, 2.75) is 12.6 Å². The second-order valence-corrected chi connectivity index (χ2v) is 3.77. The molecular formula is C12H22N2O3. The van der Waals surface area contributed by atoms with Gasteiger partial charge in [0, 0.05) is 33.9 Å². The second-order valence-electron chi connectivity index (χ2n) is 3.77. The topological polar surface area (TPSA) is 55.7 Å². The zero-order valence-corrected chi connectivity index (χ0v) is 10.6. The van der Waals surface area contributed by atoms with Crippen LogP contribution in [0.15, 0.2) is 22.8 Å². The van der Waals surface area contributed by atoms with E-state index in [0.717, 1.165) is 31.9 Å². The van der Waals surface area contributed by atoms with Gasteiger partial charge in [0.15, 0.2) is 0 Å². The van der Waals surface area contributed by atoms with Crippen molar-refractivity contribution in [1.82, 2.24) is 10.6 Å². The molecule has 1 heterocycles. The SMILES string of the molecule is COCC(CNCCNCc1ccco1)OC. The van der Waals surface area contributed by atoms with Crippen molar-refractivity contribution in [3.8, 4) is 0 Å². The van der Waals surface area contributed by atoms with Gasteiger partial charge in [0.05, 0.1) is 25.5 Å². The summed E-state index contributed by atoms with van der Waals surface area (Å²) in [5, 5.41) is 6.59. The molecule has 0 bridgehead atoms. The Labute approximate surface area is 102 Å². The van der Waals surface area contributed by atoms with E-state index in [2.05, 4.69) is 10.6 Å². The summed E-state index contributed by atoms with van der Waals surface area (Å²) in [4.78, 5) is 0. The standard InChI is InChI=1S/C12H22N2O3/c1-15-10-12(16-2)9-14-6-5-13-8-11-4-3-7-17-11/h3-4,7,12-14H,5-6,8-10H2,1-2H3. The van der Waals surface area contributed by atoms with Crippen LogP contribution in [0.4, 0.5) is 0 Å². The van der Waals surface area contributed by atoms with Crippen molar-refractivity contribution in [2.75, 3.05) is 40.5 Å². The Kier molecular flexibility index (Phi) is 7.66. The average Bonchev–Trinajstić information content (AvgIpc) is 2.85. The highest BCUT2D eigenvalue weighted by molar-refractivity contribution is 4.97. The van der Waals surface area contributed by atoms with Crippen LogP contribution in [0, 0.1) is 0 Å². The molecule has 2 N–H and O–H groups in total. The molecule has 1 atom stereocenters. The summed E-state index contributed by atoms with van der Waals surface area (Å²) in [6.07, 6.45) is 1.80. The van der Waals surface area contributed by atoms with Crippen LogP contribution in [-0.4, -0.2) is 46.6 Å². The molecule has 0 aliphatic heterocycles. The summed E-state index contributed by atoms with van der Waals surface area (Å²) < 4.78 is 15.5. The third-order valence-corrected chi connectivity index (χ3v) is 2.42. The van der Waals surface area contributed by atoms with E-state index in [4.69, 9.17) is 13.9 Å². The quantitative estimate of drug-likeness (QED) is 0.589. The first-order valence-corrected chi connectivity index (χ1v) is 5.82. The minimum atomic E-state index is 0.116. The molecule has 0 saturated heterocycles. The number of methoxy groups -OCH3 is 2. The molecular weight excluding hydrogens is 220 g/mol. The molecule has 98 valence electrons. The summed E-state index contributed by atoms with van der Waals surface area (Å²) in [5.41, 5.74) is 0. The number of furan rings is 1. The van der Waals surface area contributed by atoms with E-state index >= 15 is 0 Å². The van der Waals surface area contributed by atoms with Gasteiger partial charge in [-0.1, -0.05) is 0 Å². The van der Waals surface area contributed by atoms with Crippen LogP contribution in [0.1, 0.15) is 5.76 Å². The van der Waals surface area contributed by atoms with E-state index in [1.165, 1.54) is 0 Å². The number of rotatable bonds is 10. The Morgan fingerprint density at radius 3 is 2.76 bits per heavy atom. The van der Waals surface area contributed by atoms with E-state index in [1.807, 2.05) is 12.1 Å². The van der Waals surface area contributed by atoms with Gasteiger partial charge in [-0.3, -0.25) is 0 Å². The lowest BCUT2D eigenvalue weighted by Gasteiger charge is -2.14. The highest BCUT2D eigenvalue weighted by atomic mass is 16.5. The van der Waals surface area contributed by atoms with Gasteiger partial charge in [-0.15, -0.1) is 0 Å². The molecule has 0 radical (unpaired) electrons. The van der Waals surface area contributed by atoms with Crippen LogP contribution in [0.3, 0.4) is 0 Å². The van der Waals surface area contributed by atoms with Crippen molar-refractivity contribution in [1.29, 1.82) is 0 Å². The summed E-state index contributed by atoms with van der Waals surface area (Å²) in [6, 6.07) is 3.85. The minimum absolute atomic E-state index is 0.116. The first-order valence-electron chi connectivity index (χ1n) is 5.82. The lowest BCUT2D eigenvalue weighted by atomic mass is 10.3. The summed E-state index contributed by atoms with van der Waals surface area (Å²) >= 11 is 0. The average molecular weight is 242 g/mol. The monoisotopic (exact) mass is 242 g/mol. The molecule has 1 rings (SSSR count). The molecule has 1 unspecified atom stereocenters. The van der Waals surface area contributed by atoms with Crippen molar-refractivity contribution >= 4 is 0 Å². The maximum absolute atomic E-state index is 5.23. The van der Waals surface area contributed by atoms with Crippen LogP contribution < -0.4 is 10.6 Å². The lowest BCUT2D eigenvalue weighted by molar-refractivity contribution is 0.0291. The number of hydrogen-bond acceptors (Lipinski definition) is 5. The summed E-state index contributed by atoms with van der Waals surface area (Å²) in [7, 11) is 3.37. The Morgan fingerprint density at radius 1 is 1.29 bits per heavy atom. The fourth-order valence-electron chi connectivity index (χ4n) is 1.46. The summed E-state index contributed by atoms with van der Waals surface area (Å²) in [5.74, 6) is 0.958. The second kappa shape index (κ2) is 9.18. The highest BCUT2D eigenvalue weighted by Gasteiger charge is 2.04. The van der Waals surface area contributed by atoms with Gasteiger partial charge in [0.2, 0.25) is 0 Å². The molecule has 0 aromatic carbocycles. The molecule has 0 aliphatic carbocycles. The molecule has 5 nitrogen and oxygen atoms in total. The van der Waals surface area contributed by atoms with Gasteiger partial charge in [-0.2, -0.15) is 0 Å². The van der Waals surface area contributed by atoms with Crippen molar-refractivity contribution in [2.24, 2.45) is 0 Å². The first kappa shape index (κ1) is 14.2. The van der Waals surface area contributed by atoms with Crippen LogP contribution in [0.25, 0.3) is 0 Å². The Bertz CT molecular complexity index is 265. The first-order chi connectivity index (χ1) is 8.36. The normalized spacial score (nSPS) is 12.8. The Balaban J connectivity index is 1.93. The largest absolute Gasteiger partial charge is 0.468 e. The molecule has 0 fully saturated rings. The fraction of sp³-hybridized carbons (Fsp3) is 0.667.